The van der Waals surface area contributed by atoms with Crippen molar-refractivity contribution in [3.05, 3.63) is 242 Å². The molecule has 4 heteroatoms. The Morgan fingerprint density at radius 3 is 1.48 bits per heavy atom. The van der Waals surface area contributed by atoms with Gasteiger partial charge in [0.1, 0.15) is 17.3 Å². The zero-order chi connectivity index (χ0) is 41.4. The Bertz CT molecular complexity index is 3190. The average molecular weight is 799 g/mol. The number of benzene rings is 10. The van der Waals surface area contributed by atoms with Crippen LogP contribution in [0.5, 0.6) is 11.5 Å². The highest BCUT2D eigenvalue weighted by molar-refractivity contribution is 6.12. The standard InChI is InChI=1S/C58H39FN2O/c59-53-38-44(41-19-8-2-9-20-41)37-52(43-21-10-3-11-22-43)58(53)61(46-25-14-5-15-26-46)54-36-35-50-49-34-33-48(39-56(49)62-55-28-16-27-51(54)57(50)55)60(45-23-12-4-13-24-45)47-31-29-42(30-32-47)40-17-6-1-7-18-40/h1-39H. The Hall–Kier alpha value is -8.21. The molecule has 0 atom stereocenters. The van der Waals surface area contributed by atoms with E-state index in [4.69, 9.17) is 4.74 Å². The second-order valence-corrected chi connectivity index (χ2v) is 15.4. The predicted molar refractivity (Wildman–Crippen MR) is 255 cm³/mol. The van der Waals surface area contributed by atoms with E-state index in [-0.39, 0.29) is 5.82 Å². The first kappa shape index (κ1) is 36.8. The summed E-state index contributed by atoms with van der Waals surface area (Å²) in [5, 5.41) is 1.93. The molecule has 1 aliphatic rings. The minimum absolute atomic E-state index is 0.318. The van der Waals surface area contributed by atoms with Gasteiger partial charge < -0.3 is 14.5 Å². The molecule has 0 bridgehead atoms. The number of hydrogen-bond acceptors (Lipinski definition) is 3. The predicted octanol–water partition coefficient (Wildman–Crippen LogP) is 16.7. The zero-order valence-corrected chi connectivity index (χ0v) is 33.7. The molecule has 3 nitrogen and oxygen atoms in total. The van der Waals surface area contributed by atoms with Gasteiger partial charge >= 0.3 is 0 Å². The maximum absolute atomic E-state index is 17.3. The number of fused-ring (bicyclic) bond motifs is 2. The molecule has 10 aromatic rings. The van der Waals surface area contributed by atoms with Crippen LogP contribution in [-0.2, 0) is 0 Å². The molecule has 0 aromatic heterocycles. The van der Waals surface area contributed by atoms with Gasteiger partial charge in [-0.1, -0.05) is 158 Å². The fourth-order valence-electron chi connectivity index (χ4n) is 8.82. The highest BCUT2D eigenvalue weighted by Gasteiger charge is 2.28. The molecule has 0 fully saturated rings. The molecule has 0 radical (unpaired) electrons. The fraction of sp³-hybridized carbons (Fsp3) is 0. The molecular formula is C58H39FN2O. The number of para-hydroxylation sites is 2. The van der Waals surface area contributed by atoms with Gasteiger partial charge in [-0.05, 0) is 106 Å². The molecule has 11 rings (SSSR count). The van der Waals surface area contributed by atoms with Crippen molar-refractivity contribution in [2.45, 2.75) is 0 Å². The summed E-state index contributed by atoms with van der Waals surface area (Å²) < 4.78 is 24.2. The summed E-state index contributed by atoms with van der Waals surface area (Å²) in [6.45, 7) is 0. The lowest BCUT2D eigenvalue weighted by Crippen LogP contribution is -2.14. The molecule has 0 saturated carbocycles. The second kappa shape index (κ2) is 15.8. The number of ether oxygens (including phenoxy) is 1. The van der Waals surface area contributed by atoms with E-state index >= 15 is 4.39 Å². The second-order valence-electron chi connectivity index (χ2n) is 15.4. The van der Waals surface area contributed by atoms with Gasteiger partial charge in [-0.15, -0.1) is 0 Å². The van der Waals surface area contributed by atoms with Crippen molar-refractivity contribution in [2.75, 3.05) is 9.80 Å². The quantitative estimate of drug-likeness (QED) is 0.145. The van der Waals surface area contributed by atoms with Gasteiger partial charge in [-0.2, -0.15) is 0 Å². The summed E-state index contributed by atoms with van der Waals surface area (Å²) in [5.74, 6) is 1.20. The molecule has 0 saturated heterocycles. The molecule has 1 aliphatic heterocycles. The summed E-state index contributed by atoms with van der Waals surface area (Å²) in [7, 11) is 0. The van der Waals surface area contributed by atoms with E-state index in [1.807, 2.05) is 115 Å². The molecule has 0 unspecified atom stereocenters. The van der Waals surface area contributed by atoms with Gasteiger partial charge in [0, 0.05) is 50.7 Å². The van der Waals surface area contributed by atoms with Crippen LogP contribution in [0.15, 0.2) is 237 Å². The van der Waals surface area contributed by atoms with Crippen LogP contribution >= 0.6 is 0 Å². The molecule has 1 heterocycles. The van der Waals surface area contributed by atoms with Gasteiger partial charge in [-0.3, -0.25) is 0 Å². The van der Waals surface area contributed by atoms with Gasteiger partial charge in [0.15, 0.2) is 0 Å². The van der Waals surface area contributed by atoms with Crippen LogP contribution in [0.25, 0.3) is 55.3 Å². The van der Waals surface area contributed by atoms with Crippen LogP contribution in [0.4, 0.5) is 38.5 Å². The third kappa shape index (κ3) is 6.65. The molecule has 10 aromatic carbocycles. The van der Waals surface area contributed by atoms with Gasteiger partial charge in [0.05, 0.1) is 11.4 Å². The van der Waals surface area contributed by atoms with Crippen molar-refractivity contribution in [1.29, 1.82) is 0 Å². The number of nitrogens with zero attached hydrogens (tertiary/aromatic N) is 2. The van der Waals surface area contributed by atoms with Crippen molar-refractivity contribution in [1.82, 2.24) is 0 Å². The van der Waals surface area contributed by atoms with Crippen LogP contribution in [0.1, 0.15) is 0 Å². The zero-order valence-electron chi connectivity index (χ0n) is 33.7. The lowest BCUT2D eigenvalue weighted by Gasteiger charge is -2.31. The van der Waals surface area contributed by atoms with Crippen molar-refractivity contribution in [3.8, 4) is 56.0 Å². The third-order valence-electron chi connectivity index (χ3n) is 11.7. The summed E-state index contributed by atoms with van der Waals surface area (Å²) in [6.07, 6.45) is 0. The highest BCUT2D eigenvalue weighted by atomic mass is 19.1. The minimum atomic E-state index is -0.318. The molecule has 0 spiro atoms. The van der Waals surface area contributed by atoms with Crippen LogP contribution in [0.2, 0.25) is 0 Å². The van der Waals surface area contributed by atoms with Crippen LogP contribution < -0.4 is 14.5 Å². The first-order chi connectivity index (χ1) is 30.7. The normalized spacial score (nSPS) is 11.4. The van der Waals surface area contributed by atoms with E-state index in [0.29, 0.717) is 5.69 Å². The largest absolute Gasteiger partial charge is 0.456 e. The molecule has 0 amide bonds. The topological polar surface area (TPSA) is 15.7 Å². The van der Waals surface area contributed by atoms with E-state index in [2.05, 4.69) is 125 Å². The van der Waals surface area contributed by atoms with E-state index in [0.717, 1.165) is 89.7 Å². The fourth-order valence-corrected chi connectivity index (χ4v) is 8.82. The number of hydrogen-bond donors (Lipinski definition) is 0. The molecule has 0 N–H and O–H groups in total. The van der Waals surface area contributed by atoms with E-state index in [1.165, 1.54) is 5.56 Å². The number of rotatable bonds is 9. The van der Waals surface area contributed by atoms with E-state index < -0.39 is 0 Å². The molecular weight excluding hydrogens is 760 g/mol. The molecule has 0 aliphatic carbocycles. The Morgan fingerprint density at radius 1 is 0.323 bits per heavy atom. The Morgan fingerprint density at radius 2 is 0.839 bits per heavy atom. The number of anilines is 6. The maximum Gasteiger partial charge on any atom is 0.148 e. The van der Waals surface area contributed by atoms with E-state index in [1.54, 1.807) is 6.07 Å². The van der Waals surface area contributed by atoms with Crippen LogP contribution in [0, 0.1) is 5.82 Å². The van der Waals surface area contributed by atoms with E-state index in [9.17, 15) is 0 Å². The Balaban J connectivity index is 1.05. The SMILES string of the molecule is Fc1cc(-c2ccccc2)cc(-c2ccccc2)c1N(c1ccccc1)c1ccc2c3c(cccc13)Oc1cc(N(c3ccccc3)c3ccc(-c4ccccc4)cc3)ccc1-2. The Kier molecular flexibility index (Phi) is 9.36. The van der Waals surface area contributed by atoms with Crippen molar-refractivity contribution in [3.63, 3.8) is 0 Å². The lowest BCUT2D eigenvalue weighted by atomic mass is 9.92. The summed E-state index contributed by atoms with van der Waals surface area (Å²) in [5.41, 5.74) is 13.1. The highest BCUT2D eigenvalue weighted by Crippen LogP contribution is 2.53. The minimum Gasteiger partial charge on any atom is -0.456 e. The molecule has 62 heavy (non-hydrogen) atoms. The number of halogens is 1. The lowest BCUT2D eigenvalue weighted by molar-refractivity contribution is 0.487. The van der Waals surface area contributed by atoms with Gasteiger partial charge in [0.25, 0.3) is 0 Å². The van der Waals surface area contributed by atoms with Crippen LogP contribution in [-0.4, -0.2) is 0 Å². The summed E-state index contributed by atoms with van der Waals surface area (Å²) in [4.78, 5) is 4.33. The van der Waals surface area contributed by atoms with Gasteiger partial charge in [-0.25, -0.2) is 4.39 Å². The van der Waals surface area contributed by atoms with Crippen molar-refractivity contribution in [2.24, 2.45) is 0 Å². The average Bonchev–Trinajstić information content (AvgIpc) is 3.34. The smallest absolute Gasteiger partial charge is 0.148 e. The van der Waals surface area contributed by atoms with Crippen LogP contribution in [0.3, 0.4) is 0 Å². The molecule has 294 valence electrons. The third-order valence-corrected chi connectivity index (χ3v) is 11.7. The Labute approximate surface area is 360 Å². The van der Waals surface area contributed by atoms with Crippen molar-refractivity contribution < 1.29 is 9.13 Å². The summed E-state index contributed by atoms with van der Waals surface area (Å²) in [6, 6.07) is 80.4. The monoisotopic (exact) mass is 798 g/mol. The first-order valence-electron chi connectivity index (χ1n) is 20.9. The maximum atomic E-state index is 17.3. The first-order valence-corrected chi connectivity index (χ1v) is 20.9. The van der Waals surface area contributed by atoms with Crippen molar-refractivity contribution >= 4 is 44.9 Å². The van der Waals surface area contributed by atoms with Gasteiger partial charge in [0.2, 0.25) is 0 Å². The summed E-state index contributed by atoms with van der Waals surface area (Å²) >= 11 is 0.